The van der Waals surface area contributed by atoms with Gasteiger partial charge in [0, 0.05) is 17.6 Å². The summed E-state index contributed by atoms with van der Waals surface area (Å²) in [6, 6.07) is 4.39. The number of carboxylic acid groups (broad SMARTS) is 1. The van der Waals surface area contributed by atoms with Crippen molar-refractivity contribution >= 4 is 33.6 Å². The average Bonchev–Trinajstić information content (AvgIpc) is 2.41. The Morgan fingerprint density at radius 3 is 2.63 bits per heavy atom. The Labute approximate surface area is 118 Å². The Hall–Kier alpha value is -1.60. The summed E-state index contributed by atoms with van der Waals surface area (Å²) in [5, 5.41) is 11.7. The minimum atomic E-state index is -1.08. The Morgan fingerprint density at radius 2 is 2.00 bits per heavy atom. The normalized spacial score (nSPS) is 15.1. The second-order valence-corrected chi connectivity index (χ2v) is 4.94. The highest BCUT2D eigenvalue weighted by Gasteiger charge is 2.19. The highest BCUT2D eigenvalue weighted by Crippen LogP contribution is 2.21. The van der Waals surface area contributed by atoms with E-state index in [1.54, 1.807) is 17.0 Å². The van der Waals surface area contributed by atoms with Crippen molar-refractivity contribution < 1.29 is 19.4 Å². The SMILES string of the molecule is O=C(O)c1cc(Br)ccc1NC(=O)N1CCOCC1. The Kier molecular flexibility index (Phi) is 4.39. The summed E-state index contributed by atoms with van der Waals surface area (Å²) in [4.78, 5) is 24.7. The van der Waals surface area contributed by atoms with Crippen LogP contribution in [-0.2, 0) is 4.74 Å². The molecule has 1 aliphatic rings. The molecular weight excluding hydrogens is 316 g/mol. The first-order chi connectivity index (χ1) is 9.08. The van der Waals surface area contributed by atoms with E-state index < -0.39 is 5.97 Å². The molecule has 1 aromatic carbocycles. The largest absolute Gasteiger partial charge is 0.478 e. The zero-order valence-electron chi connectivity index (χ0n) is 10.1. The minimum absolute atomic E-state index is 0.0518. The van der Waals surface area contributed by atoms with Gasteiger partial charge < -0.3 is 20.1 Å². The fourth-order valence-electron chi connectivity index (χ4n) is 1.76. The number of amides is 2. The molecule has 0 unspecified atom stereocenters. The average molecular weight is 329 g/mol. The third-order valence-electron chi connectivity index (χ3n) is 2.75. The number of benzene rings is 1. The lowest BCUT2D eigenvalue weighted by molar-refractivity contribution is 0.0564. The molecule has 0 aromatic heterocycles. The summed E-state index contributed by atoms with van der Waals surface area (Å²) in [7, 11) is 0. The number of nitrogens with one attached hydrogen (secondary N) is 1. The van der Waals surface area contributed by atoms with Gasteiger partial charge in [-0.15, -0.1) is 0 Å². The third kappa shape index (κ3) is 3.45. The molecule has 0 radical (unpaired) electrons. The number of morpholine rings is 1. The number of hydrogen-bond acceptors (Lipinski definition) is 3. The number of halogens is 1. The first-order valence-corrected chi connectivity index (χ1v) is 6.54. The van der Waals surface area contributed by atoms with Crippen LogP contribution in [0.2, 0.25) is 0 Å². The van der Waals surface area contributed by atoms with Gasteiger partial charge in [-0.05, 0) is 18.2 Å². The molecule has 2 amide bonds. The van der Waals surface area contributed by atoms with Crippen molar-refractivity contribution in [2.75, 3.05) is 31.6 Å². The van der Waals surface area contributed by atoms with Crippen LogP contribution in [0.4, 0.5) is 10.5 Å². The molecular formula is C12H13BrN2O4. The van der Waals surface area contributed by atoms with E-state index in [9.17, 15) is 9.59 Å². The molecule has 1 fully saturated rings. The number of nitrogens with zero attached hydrogens (tertiary/aromatic N) is 1. The topological polar surface area (TPSA) is 78.9 Å². The zero-order chi connectivity index (χ0) is 13.8. The molecule has 1 aliphatic heterocycles. The molecule has 19 heavy (non-hydrogen) atoms. The van der Waals surface area contributed by atoms with E-state index in [1.807, 2.05) is 0 Å². The lowest BCUT2D eigenvalue weighted by Gasteiger charge is -2.27. The molecule has 0 spiro atoms. The van der Waals surface area contributed by atoms with Crippen molar-refractivity contribution in [3.8, 4) is 0 Å². The number of carbonyl (C=O) groups excluding carboxylic acids is 1. The Morgan fingerprint density at radius 1 is 1.32 bits per heavy atom. The van der Waals surface area contributed by atoms with Crippen LogP contribution in [0.5, 0.6) is 0 Å². The fraction of sp³-hybridized carbons (Fsp3) is 0.333. The van der Waals surface area contributed by atoms with E-state index >= 15 is 0 Å². The lowest BCUT2D eigenvalue weighted by Crippen LogP contribution is -2.43. The minimum Gasteiger partial charge on any atom is -0.478 e. The van der Waals surface area contributed by atoms with Crippen molar-refractivity contribution in [1.82, 2.24) is 4.90 Å². The number of carbonyl (C=O) groups is 2. The van der Waals surface area contributed by atoms with Crippen LogP contribution in [0.15, 0.2) is 22.7 Å². The van der Waals surface area contributed by atoms with Crippen molar-refractivity contribution in [2.24, 2.45) is 0 Å². The number of rotatable bonds is 2. The van der Waals surface area contributed by atoms with Crippen LogP contribution in [0, 0.1) is 0 Å². The van der Waals surface area contributed by atoms with Gasteiger partial charge in [0.15, 0.2) is 0 Å². The van der Waals surface area contributed by atoms with E-state index in [1.165, 1.54) is 6.07 Å². The van der Waals surface area contributed by atoms with Crippen LogP contribution in [0.3, 0.4) is 0 Å². The molecule has 1 saturated heterocycles. The second kappa shape index (κ2) is 6.03. The van der Waals surface area contributed by atoms with E-state index in [-0.39, 0.29) is 17.3 Å². The number of aromatic carboxylic acids is 1. The van der Waals surface area contributed by atoms with Gasteiger partial charge in [-0.3, -0.25) is 0 Å². The highest BCUT2D eigenvalue weighted by atomic mass is 79.9. The molecule has 1 heterocycles. The summed E-state index contributed by atoms with van der Waals surface area (Å²) in [6.07, 6.45) is 0. The quantitative estimate of drug-likeness (QED) is 0.870. The van der Waals surface area contributed by atoms with Gasteiger partial charge in [-0.2, -0.15) is 0 Å². The van der Waals surface area contributed by atoms with Crippen LogP contribution < -0.4 is 5.32 Å². The summed E-state index contributed by atoms with van der Waals surface area (Å²) in [6.45, 7) is 2.01. The Bertz CT molecular complexity index is 501. The van der Waals surface area contributed by atoms with Crippen molar-refractivity contribution in [1.29, 1.82) is 0 Å². The van der Waals surface area contributed by atoms with Gasteiger partial charge in [0.25, 0.3) is 0 Å². The first-order valence-electron chi connectivity index (χ1n) is 5.74. The van der Waals surface area contributed by atoms with Gasteiger partial charge in [-0.25, -0.2) is 9.59 Å². The van der Waals surface area contributed by atoms with Gasteiger partial charge in [-0.1, -0.05) is 15.9 Å². The molecule has 6 nitrogen and oxygen atoms in total. The maximum Gasteiger partial charge on any atom is 0.337 e. The van der Waals surface area contributed by atoms with E-state index in [0.29, 0.717) is 30.8 Å². The van der Waals surface area contributed by atoms with Gasteiger partial charge >= 0.3 is 12.0 Å². The van der Waals surface area contributed by atoms with Crippen molar-refractivity contribution in [3.63, 3.8) is 0 Å². The van der Waals surface area contributed by atoms with Gasteiger partial charge in [0.1, 0.15) is 0 Å². The number of urea groups is 1. The molecule has 0 bridgehead atoms. The predicted molar refractivity (Wildman–Crippen MR) is 72.5 cm³/mol. The smallest absolute Gasteiger partial charge is 0.337 e. The van der Waals surface area contributed by atoms with Crippen molar-refractivity contribution in [2.45, 2.75) is 0 Å². The van der Waals surface area contributed by atoms with E-state index in [4.69, 9.17) is 9.84 Å². The highest BCUT2D eigenvalue weighted by molar-refractivity contribution is 9.10. The zero-order valence-corrected chi connectivity index (χ0v) is 11.6. The number of carboxylic acids is 1. The van der Waals surface area contributed by atoms with Crippen LogP contribution >= 0.6 is 15.9 Å². The molecule has 7 heteroatoms. The molecule has 1 aromatic rings. The number of ether oxygens (including phenoxy) is 1. The molecule has 2 rings (SSSR count). The van der Waals surface area contributed by atoms with Gasteiger partial charge in [0.2, 0.25) is 0 Å². The van der Waals surface area contributed by atoms with Crippen molar-refractivity contribution in [3.05, 3.63) is 28.2 Å². The summed E-state index contributed by atoms with van der Waals surface area (Å²) >= 11 is 3.20. The van der Waals surface area contributed by atoms with E-state index in [2.05, 4.69) is 21.2 Å². The molecule has 0 saturated carbocycles. The van der Waals surface area contributed by atoms with E-state index in [0.717, 1.165) is 0 Å². The third-order valence-corrected chi connectivity index (χ3v) is 3.25. The second-order valence-electron chi connectivity index (χ2n) is 4.02. The maximum absolute atomic E-state index is 12.0. The number of hydrogen-bond donors (Lipinski definition) is 2. The van der Waals surface area contributed by atoms with Gasteiger partial charge in [0.05, 0.1) is 24.5 Å². The molecule has 102 valence electrons. The molecule has 2 N–H and O–H groups in total. The lowest BCUT2D eigenvalue weighted by atomic mass is 10.2. The molecule has 0 aliphatic carbocycles. The predicted octanol–water partition coefficient (Wildman–Crippen LogP) is 2.01. The summed E-state index contributed by atoms with van der Waals surface area (Å²) in [5.74, 6) is -1.08. The Balaban J connectivity index is 2.13. The standard InChI is InChI=1S/C12H13BrN2O4/c13-8-1-2-10(9(7-8)11(16)17)14-12(18)15-3-5-19-6-4-15/h1-2,7H,3-6H2,(H,14,18)(H,16,17). The fourth-order valence-corrected chi connectivity index (χ4v) is 2.12. The summed E-state index contributed by atoms with van der Waals surface area (Å²) in [5.41, 5.74) is 0.336. The number of anilines is 1. The van der Waals surface area contributed by atoms with Crippen LogP contribution in [-0.4, -0.2) is 48.3 Å². The molecule has 0 atom stereocenters. The monoisotopic (exact) mass is 328 g/mol. The van der Waals surface area contributed by atoms with Crippen LogP contribution in [0.1, 0.15) is 10.4 Å². The maximum atomic E-state index is 12.0. The van der Waals surface area contributed by atoms with Crippen LogP contribution in [0.25, 0.3) is 0 Å². The summed E-state index contributed by atoms with van der Waals surface area (Å²) < 4.78 is 5.80. The first kappa shape index (κ1) is 13.8.